The van der Waals surface area contributed by atoms with Crippen LogP contribution in [0.15, 0.2) is 78.8 Å². The van der Waals surface area contributed by atoms with Gasteiger partial charge < -0.3 is 14.5 Å². The number of fused-ring (bicyclic) bond motifs is 1. The van der Waals surface area contributed by atoms with E-state index in [0.29, 0.717) is 18.4 Å². The third-order valence-corrected chi connectivity index (χ3v) is 7.10. The number of likely N-dealkylation sites (N-methyl/N-ethyl adjacent to an activating group) is 1. The highest BCUT2D eigenvalue weighted by atomic mass is 16.5. The molecule has 178 valence electrons. The summed E-state index contributed by atoms with van der Waals surface area (Å²) in [7, 11) is 2.24. The van der Waals surface area contributed by atoms with E-state index in [2.05, 4.69) is 99.1 Å². The van der Waals surface area contributed by atoms with Gasteiger partial charge in [-0.3, -0.25) is 0 Å². The lowest BCUT2D eigenvalue weighted by Crippen LogP contribution is -2.61. The van der Waals surface area contributed by atoms with Crippen LogP contribution in [0.1, 0.15) is 46.6 Å². The van der Waals surface area contributed by atoms with Crippen LogP contribution in [0.2, 0.25) is 0 Å². The Morgan fingerprint density at radius 1 is 1.29 bits per heavy atom. The zero-order valence-electron chi connectivity index (χ0n) is 21.6. The number of piperazine rings is 1. The monoisotopic (exact) mass is 454 g/mol. The summed E-state index contributed by atoms with van der Waals surface area (Å²) in [6.07, 6.45) is 11.6. The van der Waals surface area contributed by atoms with Gasteiger partial charge in [0.1, 0.15) is 5.76 Å². The van der Waals surface area contributed by atoms with Crippen molar-refractivity contribution in [3.8, 4) is 0 Å². The van der Waals surface area contributed by atoms with Crippen LogP contribution >= 0.6 is 0 Å². The topological polar surface area (TPSA) is 15.7 Å². The molecule has 2 heterocycles. The predicted octanol–water partition coefficient (Wildman–Crippen LogP) is 5.13. The maximum absolute atomic E-state index is 5.80. The molecule has 1 saturated heterocycles. The second kappa shape index (κ2) is 9.24. The Morgan fingerprint density at radius 3 is 2.62 bits per heavy atom. The van der Waals surface area contributed by atoms with E-state index >= 15 is 0 Å². The van der Waals surface area contributed by atoms with Gasteiger partial charge in [-0.1, -0.05) is 70.4 Å². The van der Waals surface area contributed by atoms with Gasteiger partial charge in [0.25, 0.3) is 0 Å². The molecule has 1 fully saturated rings. The summed E-state index contributed by atoms with van der Waals surface area (Å²) in [5.74, 6) is 0.715. The third kappa shape index (κ3) is 4.21. The van der Waals surface area contributed by atoms with E-state index in [9.17, 15) is 0 Å². The normalized spacial score (nSPS) is 23.4. The number of allylic oxidation sites excluding steroid dienone is 6. The maximum atomic E-state index is 5.80. The fourth-order valence-corrected chi connectivity index (χ4v) is 5.34. The van der Waals surface area contributed by atoms with E-state index in [-0.39, 0.29) is 11.5 Å². The van der Waals surface area contributed by atoms with Gasteiger partial charge in [0.05, 0.1) is 18.7 Å². The molecule has 2 unspecified atom stereocenters. The van der Waals surface area contributed by atoms with Crippen molar-refractivity contribution in [1.82, 2.24) is 9.80 Å². The van der Waals surface area contributed by atoms with Gasteiger partial charge in [0, 0.05) is 41.5 Å². The van der Waals surface area contributed by atoms with Gasteiger partial charge >= 0.3 is 0 Å². The molecule has 34 heavy (non-hydrogen) atoms. The van der Waals surface area contributed by atoms with Crippen LogP contribution in [0, 0.1) is 5.41 Å². The standard InChI is InChI=1S/C31H38N2O/c1-9-13-25-24(23-14-11-15-23)16-12-17-26(25)30-28-18-21(3)27(22(4)34-10-2)19-33(28)29(20-32(30)8)31(5,6)7/h9,11-12,14-17,19,28-29H,3-4,10,18,20H2,1-2,5-8H3/b30-26-. The summed E-state index contributed by atoms with van der Waals surface area (Å²) >= 11 is 0. The third-order valence-electron chi connectivity index (χ3n) is 7.10. The van der Waals surface area contributed by atoms with E-state index in [4.69, 9.17) is 4.74 Å². The van der Waals surface area contributed by atoms with Gasteiger partial charge in [-0.15, -0.1) is 5.73 Å². The molecule has 3 nitrogen and oxygen atoms in total. The SMILES string of the molecule is C=C1CC2/C(=c3\cccc(C4=CC=C4)c3=C=CC)N(C)CC(C(C)(C)C)N2C=C1C(=C)OCC. The summed E-state index contributed by atoms with van der Waals surface area (Å²) in [6.45, 7) is 21.2. The molecule has 3 aliphatic rings. The quantitative estimate of drug-likeness (QED) is 0.587. The van der Waals surface area contributed by atoms with E-state index in [1.807, 2.05) is 19.9 Å². The van der Waals surface area contributed by atoms with Crippen LogP contribution in [-0.2, 0) is 4.74 Å². The van der Waals surface area contributed by atoms with Crippen molar-refractivity contribution in [1.29, 1.82) is 0 Å². The second-order valence-electron chi connectivity index (χ2n) is 10.5. The van der Waals surface area contributed by atoms with Crippen molar-refractivity contribution >= 4 is 17.0 Å². The molecule has 2 aliphatic heterocycles. The van der Waals surface area contributed by atoms with Crippen molar-refractivity contribution in [2.45, 2.75) is 53.1 Å². The summed E-state index contributed by atoms with van der Waals surface area (Å²) < 4.78 is 5.80. The Hall–Kier alpha value is -3.16. The Kier molecular flexibility index (Phi) is 6.51. The van der Waals surface area contributed by atoms with E-state index in [0.717, 1.165) is 29.3 Å². The van der Waals surface area contributed by atoms with Crippen LogP contribution in [0.25, 0.3) is 17.0 Å². The average Bonchev–Trinajstić information content (AvgIpc) is 2.72. The van der Waals surface area contributed by atoms with E-state index in [1.165, 1.54) is 22.1 Å². The van der Waals surface area contributed by atoms with Crippen LogP contribution in [0.5, 0.6) is 0 Å². The Balaban J connectivity index is 1.98. The minimum Gasteiger partial charge on any atom is -0.494 e. The average molecular weight is 455 g/mol. The first-order chi connectivity index (χ1) is 16.2. The first kappa shape index (κ1) is 24.0. The number of hydrogen-bond acceptors (Lipinski definition) is 3. The van der Waals surface area contributed by atoms with Crippen LogP contribution in [-0.4, -0.2) is 42.1 Å². The first-order valence-corrected chi connectivity index (χ1v) is 12.3. The fraction of sp³-hybridized carbons (Fsp3) is 0.387. The van der Waals surface area contributed by atoms with Crippen LogP contribution in [0.3, 0.4) is 0 Å². The van der Waals surface area contributed by atoms with Crippen molar-refractivity contribution in [2.24, 2.45) is 5.41 Å². The molecule has 0 amide bonds. The lowest BCUT2D eigenvalue weighted by atomic mass is 9.79. The first-order valence-electron chi connectivity index (χ1n) is 12.3. The van der Waals surface area contributed by atoms with Gasteiger partial charge in [-0.05, 0) is 48.5 Å². The van der Waals surface area contributed by atoms with E-state index in [1.54, 1.807) is 0 Å². The minimum absolute atomic E-state index is 0.104. The predicted molar refractivity (Wildman–Crippen MR) is 144 cm³/mol. The number of rotatable bonds is 4. The largest absolute Gasteiger partial charge is 0.494 e. The van der Waals surface area contributed by atoms with Gasteiger partial charge in [0.2, 0.25) is 0 Å². The molecule has 1 aromatic rings. The number of nitrogens with zero attached hydrogens (tertiary/aromatic N) is 2. The van der Waals surface area contributed by atoms with Crippen LogP contribution < -0.4 is 10.4 Å². The summed E-state index contributed by atoms with van der Waals surface area (Å²) in [5.41, 5.74) is 9.61. The van der Waals surface area contributed by atoms with Gasteiger partial charge in [0.15, 0.2) is 0 Å². The van der Waals surface area contributed by atoms with E-state index < -0.39 is 0 Å². The second-order valence-corrected chi connectivity index (χ2v) is 10.5. The number of hydrogen-bond donors (Lipinski definition) is 0. The summed E-state index contributed by atoms with van der Waals surface area (Å²) in [4.78, 5) is 5.02. The molecular formula is C31H38N2O. The van der Waals surface area contributed by atoms with Gasteiger partial charge in [-0.2, -0.15) is 0 Å². The molecule has 3 heteroatoms. The highest BCUT2D eigenvalue weighted by molar-refractivity contribution is 5.81. The molecule has 0 spiro atoms. The smallest absolute Gasteiger partial charge is 0.121 e. The molecule has 4 rings (SSSR count). The maximum Gasteiger partial charge on any atom is 0.121 e. The lowest BCUT2D eigenvalue weighted by molar-refractivity contribution is 0.0655. The highest BCUT2D eigenvalue weighted by Crippen LogP contribution is 2.41. The molecular weight excluding hydrogens is 416 g/mol. The molecule has 0 aromatic heterocycles. The minimum atomic E-state index is 0.104. The zero-order valence-corrected chi connectivity index (χ0v) is 21.6. The number of ether oxygens (including phenoxy) is 1. The van der Waals surface area contributed by atoms with Crippen molar-refractivity contribution < 1.29 is 4.74 Å². The number of benzene rings is 1. The van der Waals surface area contributed by atoms with Crippen molar-refractivity contribution in [2.75, 3.05) is 20.2 Å². The molecule has 0 saturated carbocycles. The Morgan fingerprint density at radius 2 is 2.03 bits per heavy atom. The van der Waals surface area contributed by atoms with Crippen LogP contribution in [0.4, 0.5) is 0 Å². The summed E-state index contributed by atoms with van der Waals surface area (Å²) in [6, 6.07) is 7.16. The molecule has 0 radical (unpaired) electrons. The molecule has 0 N–H and O–H groups in total. The highest BCUT2D eigenvalue weighted by Gasteiger charge is 2.43. The fourth-order valence-electron chi connectivity index (χ4n) is 5.34. The molecule has 1 aliphatic carbocycles. The molecule has 2 atom stereocenters. The summed E-state index contributed by atoms with van der Waals surface area (Å²) in [5, 5.41) is 2.41. The zero-order chi connectivity index (χ0) is 24.6. The lowest BCUT2D eigenvalue weighted by Gasteiger charge is -2.54. The molecule has 0 bridgehead atoms. The molecule has 1 aromatic carbocycles. The van der Waals surface area contributed by atoms with Crippen molar-refractivity contribution in [3.63, 3.8) is 0 Å². The Bertz CT molecular complexity index is 1260. The van der Waals surface area contributed by atoms with Crippen molar-refractivity contribution in [3.05, 3.63) is 94.8 Å². The Labute approximate surface area is 205 Å². The van der Waals surface area contributed by atoms with Gasteiger partial charge in [-0.25, -0.2) is 0 Å².